The van der Waals surface area contributed by atoms with E-state index in [2.05, 4.69) is 0 Å². The minimum atomic E-state index is -4.80. The number of halogens is 5. The zero-order valence-electron chi connectivity index (χ0n) is 9.76. The molecule has 0 heterocycles. The lowest BCUT2D eigenvalue weighted by atomic mass is 10.3. The van der Waals surface area contributed by atoms with Gasteiger partial charge >= 0.3 is 6.18 Å². The number of nitrogen functional groups attached to an aromatic ring is 1. The zero-order valence-corrected chi connectivity index (χ0v) is 10.6. The highest BCUT2D eigenvalue weighted by atomic mass is 32.2. The Morgan fingerprint density at radius 3 is 2.15 bits per heavy atom. The van der Waals surface area contributed by atoms with E-state index in [1.807, 2.05) is 0 Å². The molecule has 1 aliphatic rings. The van der Waals surface area contributed by atoms with Gasteiger partial charge in [-0.05, 0) is 18.9 Å². The van der Waals surface area contributed by atoms with Gasteiger partial charge in [0.05, 0.1) is 5.69 Å². The van der Waals surface area contributed by atoms with E-state index in [9.17, 15) is 30.4 Å². The Hall–Kier alpha value is -1.42. The fourth-order valence-corrected chi connectivity index (χ4v) is 3.17. The number of sulfonamides is 1. The van der Waals surface area contributed by atoms with E-state index in [-0.39, 0.29) is 6.07 Å². The molecule has 20 heavy (non-hydrogen) atoms. The van der Waals surface area contributed by atoms with Crippen molar-refractivity contribution in [2.24, 2.45) is 0 Å². The molecule has 2 rings (SSSR count). The molecule has 3 N–H and O–H groups in total. The van der Waals surface area contributed by atoms with Crippen LogP contribution in [0.2, 0.25) is 0 Å². The Balaban J connectivity index is 2.40. The highest BCUT2D eigenvalue weighted by molar-refractivity contribution is 7.89. The summed E-state index contributed by atoms with van der Waals surface area (Å²) < 4.78 is 89.4. The quantitative estimate of drug-likeness (QED) is 0.661. The molecular weight excluding hydrogens is 307 g/mol. The summed E-state index contributed by atoms with van der Waals surface area (Å²) in [6, 6.07) is 0.649. The predicted octanol–water partition coefficient (Wildman–Crippen LogP) is 1.92. The fraction of sp³-hybridized carbons (Fsp3) is 0.400. The molecule has 0 aromatic heterocycles. The number of rotatable bonds is 3. The topological polar surface area (TPSA) is 72.2 Å². The lowest BCUT2D eigenvalue weighted by molar-refractivity contribution is -0.160. The average Bonchev–Trinajstić information content (AvgIpc) is 3.02. The molecule has 0 aliphatic heterocycles. The Bertz CT molecular complexity index is 652. The van der Waals surface area contributed by atoms with Crippen molar-refractivity contribution in [1.29, 1.82) is 0 Å². The molecule has 10 heteroatoms. The molecule has 0 spiro atoms. The fourth-order valence-electron chi connectivity index (χ4n) is 1.63. The first-order chi connectivity index (χ1) is 8.98. The number of nitrogens with one attached hydrogen (secondary N) is 1. The van der Waals surface area contributed by atoms with Crippen molar-refractivity contribution in [3.05, 3.63) is 23.8 Å². The maximum atomic E-state index is 13.4. The number of alkyl halides is 3. The molecule has 1 aromatic rings. The van der Waals surface area contributed by atoms with Crippen molar-refractivity contribution in [3.63, 3.8) is 0 Å². The van der Waals surface area contributed by atoms with Gasteiger partial charge in [0.25, 0.3) is 0 Å². The first kappa shape index (κ1) is 15.0. The number of hydrogen-bond acceptors (Lipinski definition) is 3. The van der Waals surface area contributed by atoms with Crippen LogP contribution in [0.25, 0.3) is 0 Å². The first-order valence-electron chi connectivity index (χ1n) is 5.34. The monoisotopic (exact) mass is 316 g/mol. The molecule has 4 nitrogen and oxygen atoms in total. The zero-order chi connectivity index (χ0) is 15.3. The third-order valence-electron chi connectivity index (χ3n) is 2.96. The summed E-state index contributed by atoms with van der Waals surface area (Å²) in [6.07, 6.45) is -5.66. The van der Waals surface area contributed by atoms with Crippen LogP contribution in [0.3, 0.4) is 0 Å². The summed E-state index contributed by atoms with van der Waals surface area (Å²) in [4.78, 5) is -1.12. The summed E-state index contributed by atoms with van der Waals surface area (Å²) in [7, 11) is -4.80. The van der Waals surface area contributed by atoms with Crippen LogP contribution in [-0.4, -0.2) is 20.1 Å². The van der Waals surface area contributed by atoms with E-state index in [1.54, 1.807) is 0 Å². The normalized spacial score (nSPS) is 18.1. The number of benzene rings is 1. The van der Waals surface area contributed by atoms with Gasteiger partial charge < -0.3 is 5.73 Å². The summed E-state index contributed by atoms with van der Waals surface area (Å²) in [5.41, 5.74) is 1.84. The van der Waals surface area contributed by atoms with Crippen LogP contribution in [0.5, 0.6) is 0 Å². The van der Waals surface area contributed by atoms with Crippen LogP contribution in [-0.2, 0) is 10.0 Å². The van der Waals surface area contributed by atoms with Crippen molar-refractivity contribution >= 4 is 15.7 Å². The molecule has 0 radical (unpaired) electrons. The third kappa shape index (κ3) is 2.44. The van der Waals surface area contributed by atoms with Gasteiger partial charge in [0.1, 0.15) is 22.1 Å². The van der Waals surface area contributed by atoms with Crippen LogP contribution in [0.15, 0.2) is 17.0 Å². The molecule has 0 bridgehead atoms. The van der Waals surface area contributed by atoms with Crippen molar-refractivity contribution < 1.29 is 30.4 Å². The maximum Gasteiger partial charge on any atom is 0.407 e. The van der Waals surface area contributed by atoms with Crippen LogP contribution in [0.1, 0.15) is 12.8 Å². The van der Waals surface area contributed by atoms with Gasteiger partial charge in [0.15, 0.2) is 0 Å². The van der Waals surface area contributed by atoms with E-state index in [4.69, 9.17) is 5.73 Å². The summed E-state index contributed by atoms with van der Waals surface area (Å²) in [6.45, 7) is 0. The minimum Gasteiger partial charge on any atom is -0.396 e. The molecule has 0 amide bonds. The predicted molar refractivity (Wildman–Crippen MR) is 59.1 cm³/mol. The summed E-state index contributed by atoms with van der Waals surface area (Å²) in [5.74, 6) is -2.71. The first-order valence-corrected chi connectivity index (χ1v) is 6.82. The maximum absolute atomic E-state index is 13.4. The largest absolute Gasteiger partial charge is 0.407 e. The average molecular weight is 316 g/mol. The van der Waals surface area contributed by atoms with Gasteiger partial charge in [-0.1, -0.05) is 0 Å². The van der Waals surface area contributed by atoms with Crippen molar-refractivity contribution in [2.75, 3.05) is 5.73 Å². The van der Waals surface area contributed by atoms with E-state index in [1.165, 1.54) is 4.72 Å². The van der Waals surface area contributed by atoms with E-state index < -0.39 is 56.8 Å². The van der Waals surface area contributed by atoms with Gasteiger partial charge in [-0.25, -0.2) is 17.2 Å². The van der Waals surface area contributed by atoms with Crippen LogP contribution in [0, 0.1) is 11.6 Å². The summed E-state index contributed by atoms with van der Waals surface area (Å²) >= 11 is 0. The Kier molecular flexibility index (Phi) is 3.21. The van der Waals surface area contributed by atoms with Gasteiger partial charge in [0, 0.05) is 6.07 Å². The third-order valence-corrected chi connectivity index (χ3v) is 4.51. The number of nitrogens with two attached hydrogens (primary N) is 1. The second kappa shape index (κ2) is 4.29. The molecule has 1 aliphatic carbocycles. The van der Waals surface area contributed by atoms with Gasteiger partial charge in [-0.3, -0.25) is 0 Å². The molecule has 1 fully saturated rings. The Morgan fingerprint density at radius 2 is 1.70 bits per heavy atom. The molecule has 0 saturated heterocycles. The van der Waals surface area contributed by atoms with E-state index in [0.717, 1.165) is 0 Å². The van der Waals surface area contributed by atoms with Crippen LogP contribution >= 0.6 is 0 Å². The Labute approximate surface area is 110 Å². The number of hydrogen-bond donors (Lipinski definition) is 2. The molecule has 0 atom stereocenters. The second-order valence-corrected chi connectivity index (χ2v) is 6.14. The standard InChI is InChI=1S/C10H9F5N2O2S/c11-5-3-6(12)8(4-7(5)16)20(18,19)17-9(1-2-9)10(13,14)15/h3-4,17H,1-2,16H2. The van der Waals surface area contributed by atoms with E-state index in [0.29, 0.717) is 6.07 Å². The van der Waals surface area contributed by atoms with Crippen molar-refractivity contribution in [2.45, 2.75) is 29.5 Å². The van der Waals surface area contributed by atoms with Gasteiger partial charge in [-0.15, -0.1) is 0 Å². The van der Waals surface area contributed by atoms with Crippen LogP contribution in [0.4, 0.5) is 27.6 Å². The second-order valence-electron chi connectivity index (χ2n) is 4.49. The smallest absolute Gasteiger partial charge is 0.396 e. The molecule has 112 valence electrons. The SMILES string of the molecule is Nc1cc(S(=O)(=O)NC2(C(F)(F)F)CC2)c(F)cc1F. The van der Waals surface area contributed by atoms with Crippen molar-refractivity contribution in [1.82, 2.24) is 4.72 Å². The summed E-state index contributed by atoms with van der Waals surface area (Å²) in [5, 5.41) is 0. The van der Waals surface area contributed by atoms with Gasteiger partial charge in [-0.2, -0.15) is 17.9 Å². The van der Waals surface area contributed by atoms with Crippen molar-refractivity contribution in [3.8, 4) is 0 Å². The van der Waals surface area contributed by atoms with Crippen LogP contribution < -0.4 is 10.5 Å². The lowest BCUT2D eigenvalue weighted by Gasteiger charge is -2.20. The molecule has 0 unspecified atom stereocenters. The number of anilines is 1. The molecule has 1 saturated carbocycles. The highest BCUT2D eigenvalue weighted by Crippen LogP contribution is 2.49. The van der Waals surface area contributed by atoms with Gasteiger partial charge in [0.2, 0.25) is 10.0 Å². The highest BCUT2D eigenvalue weighted by Gasteiger charge is 2.65. The lowest BCUT2D eigenvalue weighted by Crippen LogP contribution is -2.47. The minimum absolute atomic E-state index is 0.205. The molecule has 1 aromatic carbocycles. The Morgan fingerprint density at radius 1 is 1.15 bits per heavy atom. The molecular formula is C10H9F5N2O2S. The van der Waals surface area contributed by atoms with E-state index >= 15 is 0 Å².